The summed E-state index contributed by atoms with van der Waals surface area (Å²) >= 11 is 0. The molecule has 0 aromatic carbocycles. The lowest BCUT2D eigenvalue weighted by Crippen LogP contribution is -2.40. The van der Waals surface area contributed by atoms with E-state index >= 15 is 0 Å². The largest absolute Gasteiger partial charge is 0.316 e. The highest BCUT2D eigenvalue weighted by molar-refractivity contribution is 5.77. The highest BCUT2D eigenvalue weighted by Crippen LogP contribution is 2.12. The number of hydroxylamine groups is 2. The fourth-order valence-corrected chi connectivity index (χ4v) is 1.41. The summed E-state index contributed by atoms with van der Waals surface area (Å²) in [7, 11) is 3.16. The molecule has 1 heterocycles. The van der Waals surface area contributed by atoms with Crippen LogP contribution in [0.3, 0.4) is 0 Å². The first kappa shape index (κ1) is 9.48. The molecule has 1 aliphatic heterocycles. The van der Waals surface area contributed by atoms with E-state index in [1.807, 2.05) is 0 Å². The quantitative estimate of drug-likeness (QED) is 0.596. The first-order chi connectivity index (χ1) is 5.75. The van der Waals surface area contributed by atoms with E-state index in [9.17, 15) is 4.79 Å². The van der Waals surface area contributed by atoms with Gasteiger partial charge in [0, 0.05) is 13.6 Å². The lowest BCUT2D eigenvalue weighted by atomic mass is 9.99. The predicted molar refractivity (Wildman–Crippen MR) is 45.4 cm³/mol. The molecule has 0 aromatic rings. The van der Waals surface area contributed by atoms with Gasteiger partial charge in [-0.3, -0.25) is 9.63 Å². The summed E-state index contributed by atoms with van der Waals surface area (Å²) in [5.41, 5.74) is 0. The summed E-state index contributed by atoms with van der Waals surface area (Å²) in [4.78, 5) is 16.3. The smallest absolute Gasteiger partial charge is 0.250 e. The van der Waals surface area contributed by atoms with E-state index in [0.717, 1.165) is 25.9 Å². The van der Waals surface area contributed by atoms with Gasteiger partial charge in [-0.05, 0) is 19.4 Å². The van der Waals surface area contributed by atoms with Crippen molar-refractivity contribution in [3.05, 3.63) is 0 Å². The molecular weight excluding hydrogens is 156 g/mol. The van der Waals surface area contributed by atoms with E-state index in [0.29, 0.717) is 0 Å². The van der Waals surface area contributed by atoms with E-state index < -0.39 is 0 Å². The first-order valence-electron chi connectivity index (χ1n) is 4.28. The zero-order valence-corrected chi connectivity index (χ0v) is 7.67. The summed E-state index contributed by atoms with van der Waals surface area (Å²) in [6, 6.07) is 0. The molecule has 1 unspecified atom stereocenters. The van der Waals surface area contributed by atoms with E-state index in [-0.39, 0.29) is 11.8 Å². The van der Waals surface area contributed by atoms with Crippen LogP contribution in [0, 0.1) is 5.92 Å². The van der Waals surface area contributed by atoms with Crippen molar-refractivity contribution in [2.45, 2.75) is 12.8 Å². The van der Waals surface area contributed by atoms with Crippen molar-refractivity contribution in [3.63, 3.8) is 0 Å². The van der Waals surface area contributed by atoms with Crippen molar-refractivity contribution in [3.8, 4) is 0 Å². The van der Waals surface area contributed by atoms with Crippen LogP contribution in [0.2, 0.25) is 0 Å². The van der Waals surface area contributed by atoms with Crippen molar-refractivity contribution in [2.75, 3.05) is 27.2 Å². The maximum atomic E-state index is 11.5. The van der Waals surface area contributed by atoms with Gasteiger partial charge in [-0.25, -0.2) is 5.06 Å². The Labute approximate surface area is 72.8 Å². The van der Waals surface area contributed by atoms with E-state index in [4.69, 9.17) is 4.84 Å². The number of nitrogens with zero attached hydrogens (tertiary/aromatic N) is 1. The number of rotatable bonds is 2. The SMILES string of the molecule is CON(C)C(=O)C1CCCNC1. The Morgan fingerprint density at radius 2 is 2.42 bits per heavy atom. The van der Waals surface area contributed by atoms with Gasteiger partial charge in [-0.2, -0.15) is 0 Å². The van der Waals surface area contributed by atoms with Crippen LogP contribution in [-0.2, 0) is 9.63 Å². The summed E-state index contributed by atoms with van der Waals surface area (Å²) in [5, 5.41) is 4.49. The molecule has 70 valence electrons. The molecule has 1 fully saturated rings. The highest BCUT2D eigenvalue weighted by Gasteiger charge is 2.23. The van der Waals surface area contributed by atoms with E-state index in [2.05, 4.69) is 5.32 Å². The molecule has 1 aliphatic rings. The van der Waals surface area contributed by atoms with Gasteiger partial charge in [-0.1, -0.05) is 0 Å². The molecule has 1 amide bonds. The number of carbonyl (C=O) groups excluding carboxylic acids is 1. The zero-order chi connectivity index (χ0) is 8.97. The molecule has 4 heteroatoms. The van der Waals surface area contributed by atoms with Crippen LogP contribution in [0.25, 0.3) is 0 Å². The van der Waals surface area contributed by atoms with Gasteiger partial charge in [0.1, 0.15) is 0 Å². The molecule has 1 N–H and O–H groups in total. The topological polar surface area (TPSA) is 41.6 Å². The predicted octanol–water partition coefficient (Wildman–Crippen LogP) is 0.00580. The van der Waals surface area contributed by atoms with Crippen LogP contribution >= 0.6 is 0 Å². The summed E-state index contributed by atoms with van der Waals surface area (Å²) < 4.78 is 0. The molecular formula is C8H16N2O2. The number of amides is 1. The Kier molecular flexibility index (Phi) is 3.49. The molecule has 1 rings (SSSR count). The number of hydrogen-bond acceptors (Lipinski definition) is 3. The van der Waals surface area contributed by atoms with Gasteiger partial charge >= 0.3 is 0 Å². The average Bonchev–Trinajstić information content (AvgIpc) is 2.17. The third kappa shape index (κ3) is 2.19. The number of piperidine rings is 1. The fourth-order valence-electron chi connectivity index (χ4n) is 1.41. The summed E-state index contributed by atoms with van der Waals surface area (Å²) in [6.07, 6.45) is 2.05. The third-order valence-corrected chi connectivity index (χ3v) is 2.23. The van der Waals surface area contributed by atoms with E-state index in [1.165, 1.54) is 12.2 Å². The van der Waals surface area contributed by atoms with Crippen LogP contribution < -0.4 is 5.32 Å². The van der Waals surface area contributed by atoms with Gasteiger partial charge in [-0.15, -0.1) is 0 Å². The Balaban J connectivity index is 2.39. The monoisotopic (exact) mass is 172 g/mol. The van der Waals surface area contributed by atoms with Crippen molar-refractivity contribution in [1.82, 2.24) is 10.4 Å². The normalized spacial score (nSPS) is 23.7. The zero-order valence-electron chi connectivity index (χ0n) is 7.67. The lowest BCUT2D eigenvalue weighted by molar-refractivity contribution is -0.173. The van der Waals surface area contributed by atoms with Crippen LogP contribution in [0.5, 0.6) is 0 Å². The molecule has 1 saturated heterocycles. The van der Waals surface area contributed by atoms with Gasteiger partial charge in [0.2, 0.25) is 5.91 Å². The van der Waals surface area contributed by atoms with Crippen LogP contribution in [0.4, 0.5) is 0 Å². The molecule has 4 nitrogen and oxygen atoms in total. The Bertz CT molecular complexity index is 155. The molecule has 12 heavy (non-hydrogen) atoms. The third-order valence-electron chi connectivity index (χ3n) is 2.23. The molecule has 0 radical (unpaired) electrons. The van der Waals surface area contributed by atoms with Crippen molar-refractivity contribution < 1.29 is 9.63 Å². The minimum absolute atomic E-state index is 0.0738. The van der Waals surface area contributed by atoms with Gasteiger partial charge < -0.3 is 5.32 Å². The standard InChI is InChI=1S/C8H16N2O2/c1-10(12-2)8(11)7-4-3-5-9-6-7/h7,9H,3-6H2,1-2H3. The maximum Gasteiger partial charge on any atom is 0.250 e. The minimum Gasteiger partial charge on any atom is -0.316 e. The van der Waals surface area contributed by atoms with Crippen molar-refractivity contribution >= 4 is 5.91 Å². The Morgan fingerprint density at radius 3 is 2.92 bits per heavy atom. The first-order valence-corrected chi connectivity index (χ1v) is 4.28. The molecule has 1 atom stereocenters. The number of carbonyl (C=O) groups is 1. The number of hydrogen-bond donors (Lipinski definition) is 1. The lowest BCUT2D eigenvalue weighted by Gasteiger charge is -2.25. The van der Waals surface area contributed by atoms with Crippen molar-refractivity contribution in [2.24, 2.45) is 5.92 Å². The van der Waals surface area contributed by atoms with Crippen LogP contribution in [0.15, 0.2) is 0 Å². The summed E-state index contributed by atoms with van der Waals surface area (Å²) in [5.74, 6) is 0.174. The molecule has 0 bridgehead atoms. The van der Waals surface area contributed by atoms with Crippen LogP contribution in [-0.4, -0.2) is 38.2 Å². The second kappa shape index (κ2) is 4.42. The second-order valence-electron chi connectivity index (χ2n) is 3.06. The molecule has 0 aliphatic carbocycles. The van der Waals surface area contributed by atoms with E-state index in [1.54, 1.807) is 7.05 Å². The second-order valence-corrected chi connectivity index (χ2v) is 3.06. The fraction of sp³-hybridized carbons (Fsp3) is 0.875. The highest BCUT2D eigenvalue weighted by atomic mass is 16.7. The maximum absolute atomic E-state index is 11.5. The van der Waals surface area contributed by atoms with Crippen LogP contribution in [0.1, 0.15) is 12.8 Å². The minimum atomic E-state index is 0.0738. The summed E-state index contributed by atoms with van der Waals surface area (Å²) in [6.45, 7) is 1.81. The van der Waals surface area contributed by atoms with Gasteiger partial charge in [0.15, 0.2) is 0 Å². The molecule has 0 spiro atoms. The van der Waals surface area contributed by atoms with Gasteiger partial charge in [0.05, 0.1) is 13.0 Å². The van der Waals surface area contributed by atoms with Crippen molar-refractivity contribution in [1.29, 1.82) is 0 Å². The Hall–Kier alpha value is -0.610. The molecule has 0 saturated carbocycles. The average molecular weight is 172 g/mol. The Morgan fingerprint density at radius 1 is 1.67 bits per heavy atom. The molecule has 0 aromatic heterocycles. The van der Waals surface area contributed by atoms with Gasteiger partial charge in [0.25, 0.3) is 0 Å². The number of nitrogens with one attached hydrogen (secondary N) is 1.